The first-order valence-corrected chi connectivity index (χ1v) is 9.66. The summed E-state index contributed by atoms with van der Waals surface area (Å²) < 4.78 is 7.73. The summed E-state index contributed by atoms with van der Waals surface area (Å²) in [5.74, 6) is 0.823. The fraction of sp³-hybridized carbons (Fsp3) is 0.273. The van der Waals surface area contributed by atoms with Gasteiger partial charge >= 0.3 is 0 Å². The normalized spacial score (nSPS) is 16.8. The molecule has 6 nitrogen and oxygen atoms in total. The summed E-state index contributed by atoms with van der Waals surface area (Å²) in [6.45, 7) is 3.56. The van der Waals surface area contributed by atoms with Crippen LogP contribution in [0, 0.1) is 6.92 Å². The van der Waals surface area contributed by atoms with Gasteiger partial charge in [0, 0.05) is 24.9 Å². The minimum Gasteiger partial charge on any atom is -0.376 e. The molecule has 1 aliphatic rings. The van der Waals surface area contributed by atoms with E-state index in [1.165, 1.54) is 0 Å². The van der Waals surface area contributed by atoms with Crippen LogP contribution in [0.5, 0.6) is 0 Å². The standard InChI is InChI=1S/C22H22N4O2/c1-14-7-8-18-15(11-14)12-17(22(27)24-18)20-21(23-13-16-5-4-10-28-16)26-9-3-2-6-19(26)25-20/h2-3,6-9,11-12,16,23H,4-5,10,13H2,1H3,(H,24,27)/t16-/m1/s1. The Morgan fingerprint density at radius 2 is 2.21 bits per heavy atom. The van der Waals surface area contributed by atoms with E-state index in [-0.39, 0.29) is 11.7 Å². The smallest absolute Gasteiger partial charge is 0.258 e. The number of nitrogens with zero attached hydrogens (tertiary/aromatic N) is 2. The van der Waals surface area contributed by atoms with Crippen molar-refractivity contribution in [2.75, 3.05) is 18.5 Å². The van der Waals surface area contributed by atoms with E-state index < -0.39 is 0 Å². The monoisotopic (exact) mass is 374 g/mol. The first kappa shape index (κ1) is 17.0. The molecule has 1 saturated heterocycles. The Morgan fingerprint density at radius 1 is 1.29 bits per heavy atom. The molecule has 3 aromatic heterocycles. The Bertz CT molecular complexity index is 1220. The lowest BCUT2D eigenvalue weighted by Gasteiger charge is -2.13. The van der Waals surface area contributed by atoms with Gasteiger partial charge in [-0.2, -0.15) is 0 Å². The Labute approximate surface area is 162 Å². The first-order valence-electron chi connectivity index (χ1n) is 9.66. The molecule has 1 atom stereocenters. The second-order valence-corrected chi connectivity index (χ2v) is 7.36. The van der Waals surface area contributed by atoms with Crippen LogP contribution in [0.3, 0.4) is 0 Å². The van der Waals surface area contributed by atoms with Crippen molar-refractivity contribution < 1.29 is 4.74 Å². The molecule has 1 aromatic carbocycles. The van der Waals surface area contributed by atoms with Crippen LogP contribution in [0.25, 0.3) is 27.8 Å². The van der Waals surface area contributed by atoms with Gasteiger partial charge in [-0.15, -0.1) is 0 Å². The molecule has 0 bridgehead atoms. The number of aromatic nitrogens is 3. The highest BCUT2D eigenvalue weighted by Crippen LogP contribution is 2.29. The number of anilines is 1. The van der Waals surface area contributed by atoms with Crippen molar-refractivity contribution in [1.29, 1.82) is 0 Å². The third kappa shape index (κ3) is 2.96. The van der Waals surface area contributed by atoms with Crippen LogP contribution >= 0.6 is 0 Å². The Kier molecular flexibility index (Phi) is 4.13. The first-order chi connectivity index (χ1) is 13.7. The molecule has 142 valence electrons. The van der Waals surface area contributed by atoms with Gasteiger partial charge in [0.1, 0.15) is 17.2 Å². The Morgan fingerprint density at radius 3 is 3.07 bits per heavy atom. The van der Waals surface area contributed by atoms with E-state index in [4.69, 9.17) is 9.72 Å². The Balaban J connectivity index is 1.65. The number of benzene rings is 1. The van der Waals surface area contributed by atoms with E-state index >= 15 is 0 Å². The van der Waals surface area contributed by atoms with E-state index in [9.17, 15) is 4.79 Å². The van der Waals surface area contributed by atoms with E-state index in [0.29, 0.717) is 17.8 Å². The maximum atomic E-state index is 12.9. The quantitative estimate of drug-likeness (QED) is 0.571. The lowest BCUT2D eigenvalue weighted by Crippen LogP contribution is -2.20. The minimum atomic E-state index is -0.139. The van der Waals surface area contributed by atoms with Gasteiger partial charge in [-0.05, 0) is 55.5 Å². The van der Waals surface area contributed by atoms with Crippen LogP contribution in [0.2, 0.25) is 0 Å². The predicted octanol–water partition coefficient (Wildman–Crippen LogP) is 3.74. The average molecular weight is 374 g/mol. The Hall–Kier alpha value is -3.12. The van der Waals surface area contributed by atoms with Gasteiger partial charge in [0.05, 0.1) is 11.7 Å². The van der Waals surface area contributed by atoms with Gasteiger partial charge in [-0.25, -0.2) is 4.98 Å². The molecule has 2 N–H and O–H groups in total. The lowest BCUT2D eigenvalue weighted by molar-refractivity contribution is 0.120. The zero-order valence-electron chi connectivity index (χ0n) is 15.7. The number of hydrogen-bond donors (Lipinski definition) is 2. The van der Waals surface area contributed by atoms with Crippen molar-refractivity contribution in [1.82, 2.24) is 14.4 Å². The third-order valence-corrected chi connectivity index (χ3v) is 5.31. The van der Waals surface area contributed by atoms with Crippen molar-refractivity contribution in [3.8, 4) is 11.3 Å². The van der Waals surface area contributed by atoms with Crippen molar-refractivity contribution >= 4 is 22.4 Å². The van der Waals surface area contributed by atoms with Crippen LogP contribution in [0.1, 0.15) is 18.4 Å². The van der Waals surface area contributed by atoms with Crippen molar-refractivity contribution in [2.45, 2.75) is 25.9 Å². The molecule has 0 unspecified atom stereocenters. The molecule has 1 aliphatic heterocycles. The van der Waals surface area contributed by atoms with Crippen molar-refractivity contribution in [3.63, 3.8) is 0 Å². The lowest BCUT2D eigenvalue weighted by atomic mass is 10.1. The number of aryl methyl sites for hydroxylation is 1. The molecule has 0 radical (unpaired) electrons. The van der Waals surface area contributed by atoms with Crippen LogP contribution in [0.4, 0.5) is 5.82 Å². The van der Waals surface area contributed by atoms with Crippen LogP contribution < -0.4 is 10.9 Å². The number of fused-ring (bicyclic) bond motifs is 2. The van der Waals surface area contributed by atoms with Crippen LogP contribution in [-0.2, 0) is 4.74 Å². The molecule has 0 aliphatic carbocycles. The van der Waals surface area contributed by atoms with Gasteiger partial charge in [-0.1, -0.05) is 17.7 Å². The molecule has 6 heteroatoms. The van der Waals surface area contributed by atoms with Gasteiger partial charge in [0.25, 0.3) is 5.56 Å². The number of aromatic amines is 1. The number of H-pyrrole nitrogens is 1. The predicted molar refractivity (Wildman–Crippen MR) is 111 cm³/mol. The third-order valence-electron chi connectivity index (χ3n) is 5.31. The number of imidazole rings is 1. The maximum Gasteiger partial charge on any atom is 0.258 e. The molecule has 4 aromatic rings. The number of pyridine rings is 2. The summed E-state index contributed by atoms with van der Waals surface area (Å²) in [6.07, 6.45) is 4.30. The van der Waals surface area contributed by atoms with E-state index in [1.807, 2.05) is 53.9 Å². The fourth-order valence-corrected chi connectivity index (χ4v) is 3.87. The highest BCUT2D eigenvalue weighted by atomic mass is 16.5. The zero-order chi connectivity index (χ0) is 19.1. The highest BCUT2D eigenvalue weighted by Gasteiger charge is 2.20. The molecule has 0 saturated carbocycles. The molecule has 28 heavy (non-hydrogen) atoms. The second-order valence-electron chi connectivity index (χ2n) is 7.36. The molecular weight excluding hydrogens is 352 g/mol. The molecule has 5 rings (SSSR count). The maximum absolute atomic E-state index is 12.9. The number of rotatable bonds is 4. The summed E-state index contributed by atoms with van der Waals surface area (Å²) in [5.41, 5.74) is 3.87. The van der Waals surface area contributed by atoms with Gasteiger partial charge in [0.2, 0.25) is 0 Å². The summed E-state index contributed by atoms with van der Waals surface area (Å²) in [5, 5.41) is 4.48. The van der Waals surface area contributed by atoms with Gasteiger partial charge in [0.15, 0.2) is 0 Å². The molecular formula is C22H22N4O2. The van der Waals surface area contributed by atoms with E-state index in [0.717, 1.165) is 47.4 Å². The fourth-order valence-electron chi connectivity index (χ4n) is 3.87. The summed E-state index contributed by atoms with van der Waals surface area (Å²) in [7, 11) is 0. The molecule has 4 heterocycles. The molecule has 0 spiro atoms. The number of ether oxygens (including phenoxy) is 1. The average Bonchev–Trinajstić information content (AvgIpc) is 3.33. The van der Waals surface area contributed by atoms with Gasteiger partial charge in [-0.3, -0.25) is 9.20 Å². The summed E-state index contributed by atoms with van der Waals surface area (Å²) >= 11 is 0. The highest BCUT2D eigenvalue weighted by molar-refractivity contribution is 5.86. The minimum absolute atomic E-state index is 0.139. The van der Waals surface area contributed by atoms with Crippen LogP contribution in [-0.4, -0.2) is 33.6 Å². The van der Waals surface area contributed by atoms with E-state index in [1.54, 1.807) is 0 Å². The topological polar surface area (TPSA) is 71.4 Å². The number of nitrogens with one attached hydrogen (secondary N) is 2. The van der Waals surface area contributed by atoms with Crippen molar-refractivity contribution in [3.05, 3.63) is 64.6 Å². The molecule has 0 amide bonds. The zero-order valence-corrected chi connectivity index (χ0v) is 15.7. The SMILES string of the molecule is Cc1ccc2[nH]c(=O)c(-c3nc4ccccn4c3NC[C@H]3CCCO3)cc2c1. The molecule has 1 fully saturated rings. The van der Waals surface area contributed by atoms with E-state index in [2.05, 4.69) is 16.4 Å². The van der Waals surface area contributed by atoms with Gasteiger partial charge < -0.3 is 15.0 Å². The van der Waals surface area contributed by atoms with Crippen LogP contribution in [0.15, 0.2) is 53.5 Å². The largest absolute Gasteiger partial charge is 0.376 e. The summed E-state index contributed by atoms with van der Waals surface area (Å²) in [4.78, 5) is 20.6. The van der Waals surface area contributed by atoms with Crippen molar-refractivity contribution in [2.24, 2.45) is 0 Å². The second kappa shape index (κ2) is 6.80. The number of hydrogen-bond acceptors (Lipinski definition) is 4. The summed E-state index contributed by atoms with van der Waals surface area (Å²) in [6, 6.07) is 13.8.